The quantitative estimate of drug-likeness (QED) is 0.618. The molecule has 3 aromatic rings. The predicted octanol–water partition coefficient (Wildman–Crippen LogP) is 2.21. The lowest BCUT2D eigenvalue weighted by atomic mass is 10.1. The average Bonchev–Trinajstić information content (AvgIpc) is 3.20. The molecule has 0 saturated carbocycles. The Morgan fingerprint density at radius 3 is 2.68 bits per heavy atom. The number of carbonyl (C=O) groups excluding carboxylic acids is 1. The summed E-state index contributed by atoms with van der Waals surface area (Å²) in [5, 5.41) is 18.9. The van der Waals surface area contributed by atoms with Crippen molar-refractivity contribution >= 4 is 11.6 Å². The van der Waals surface area contributed by atoms with Crippen LogP contribution in [-0.4, -0.2) is 33.9 Å². The van der Waals surface area contributed by atoms with Gasteiger partial charge in [-0.3, -0.25) is 4.79 Å². The molecule has 0 radical (unpaired) electrons. The van der Waals surface area contributed by atoms with Crippen LogP contribution in [0.4, 0.5) is 5.69 Å². The highest BCUT2D eigenvalue weighted by molar-refractivity contribution is 5.95. The maximum absolute atomic E-state index is 11.9. The SMILES string of the molecule is O=C(NCCO)c1cccc(NCc2ccc(-n3cccn3)cc2)c1. The van der Waals surface area contributed by atoms with Gasteiger partial charge in [-0.2, -0.15) is 5.10 Å². The van der Waals surface area contributed by atoms with Crippen LogP contribution in [0.2, 0.25) is 0 Å². The lowest BCUT2D eigenvalue weighted by Gasteiger charge is -2.09. The van der Waals surface area contributed by atoms with Gasteiger partial charge in [0.15, 0.2) is 0 Å². The van der Waals surface area contributed by atoms with E-state index >= 15 is 0 Å². The van der Waals surface area contributed by atoms with Crippen molar-refractivity contribution in [1.29, 1.82) is 0 Å². The Balaban J connectivity index is 1.60. The van der Waals surface area contributed by atoms with Gasteiger partial charge < -0.3 is 15.7 Å². The Hall–Kier alpha value is -3.12. The summed E-state index contributed by atoms with van der Waals surface area (Å²) in [5.74, 6) is -0.193. The van der Waals surface area contributed by atoms with Crippen molar-refractivity contribution in [2.75, 3.05) is 18.5 Å². The second-order valence-corrected chi connectivity index (χ2v) is 5.53. The van der Waals surface area contributed by atoms with Gasteiger partial charge in [-0.1, -0.05) is 18.2 Å². The molecular formula is C19H20N4O2. The summed E-state index contributed by atoms with van der Waals surface area (Å²) in [6.45, 7) is 0.832. The Kier molecular flexibility index (Phi) is 5.43. The molecule has 0 aliphatic carbocycles. The van der Waals surface area contributed by atoms with Gasteiger partial charge in [0.1, 0.15) is 0 Å². The molecule has 0 spiro atoms. The zero-order valence-corrected chi connectivity index (χ0v) is 13.7. The largest absolute Gasteiger partial charge is 0.395 e. The number of aliphatic hydroxyl groups is 1. The smallest absolute Gasteiger partial charge is 0.251 e. The molecule has 0 saturated heterocycles. The van der Waals surface area contributed by atoms with Crippen LogP contribution >= 0.6 is 0 Å². The third-order valence-corrected chi connectivity index (χ3v) is 3.72. The van der Waals surface area contributed by atoms with E-state index in [1.54, 1.807) is 18.3 Å². The van der Waals surface area contributed by atoms with Crippen molar-refractivity contribution in [3.63, 3.8) is 0 Å². The first-order valence-corrected chi connectivity index (χ1v) is 8.08. The number of hydrogen-bond acceptors (Lipinski definition) is 4. The van der Waals surface area contributed by atoms with E-state index in [0.717, 1.165) is 16.9 Å². The highest BCUT2D eigenvalue weighted by atomic mass is 16.3. The Bertz CT molecular complexity index is 814. The molecule has 128 valence electrons. The molecule has 0 bridgehead atoms. The number of benzene rings is 2. The minimum Gasteiger partial charge on any atom is -0.395 e. The molecule has 25 heavy (non-hydrogen) atoms. The molecule has 3 rings (SSSR count). The van der Waals surface area contributed by atoms with Crippen LogP contribution in [0.3, 0.4) is 0 Å². The number of aromatic nitrogens is 2. The fourth-order valence-electron chi connectivity index (χ4n) is 2.43. The number of amides is 1. The number of rotatable bonds is 7. The van der Waals surface area contributed by atoms with Crippen LogP contribution in [0.15, 0.2) is 67.0 Å². The normalized spacial score (nSPS) is 10.4. The van der Waals surface area contributed by atoms with Gasteiger partial charge in [0.2, 0.25) is 0 Å². The standard InChI is InChI=1S/C19H20N4O2/c24-12-10-20-19(25)16-3-1-4-17(13-16)21-14-15-5-7-18(8-6-15)23-11-2-9-22-23/h1-9,11,13,21,24H,10,12,14H2,(H,20,25). The van der Waals surface area contributed by atoms with E-state index in [9.17, 15) is 4.79 Å². The molecule has 2 aromatic carbocycles. The van der Waals surface area contributed by atoms with Crippen molar-refractivity contribution < 1.29 is 9.90 Å². The molecule has 1 amide bonds. The summed E-state index contributed by atoms with van der Waals surface area (Å²) in [4.78, 5) is 11.9. The summed E-state index contributed by atoms with van der Waals surface area (Å²) in [6, 6.07) is 17.3. The highest BCUT2D eigenvalue weighted by Crippen LogP contribution is 2.14. The Morgan fingerprint density at radius 2 is 1.96 bits per heavy atom. The van der Waals surface area contributed by atoms with Gasteiger partial charge in [-0.05, 0) is 42.0 Å². The summed E-state index contributed by atoms with van der Waals surface area (Å²) in [7, 11) is 0. The molecule has 1 aromatic heterocycles. The van der Waals surface area contributed by atoms with Crippen molar-refractivity contribution in [3.8, 4) is 5.69 Å². The topological polar surface area (TPSA) is 79.2 Å². The van der Waals surface area contributed by atoms with E-state index < -0.39 is 0 Å². The fraction of sp³-hybridized carbons (Fsp3) is 0.158. The molecule has 0 fully saturated rings. The molecule has 6 heteroatoms. The number of nitrogens with zero attached hydrogens (tertiary/aromatic N) is 2. The van der Waals surface area contributed by atoms with Crippen LogP contribution in [-0.2, 0) is 6.54 Å². The molecule has 1 heterocycles. The fourth-order valence-corrected chi connectivity index (χ4v) is 2.43. The average molecular weight is 336 g/mol. The molecule has 0 unspecified atom stereocenters. The van der Waals surface area contributed by atoms with E-state index in [4.69, 9.17) is 5.11 Å². The summed E-state index contributed by atoms with van der Waals surface area (Å²) >= 11 is 0. The predicted molar refractivity (Wildman–Crippen MR) is 96.8 cm³/mol. The van der Waals surface area contributed by atoms with Gasteiger partial charge in [-0.15, -0.1) is 0 Å². The zero-order valence-electron chi connectivity index (χ0n) is 13.7. The number of anilines is 1. The number of carbonyl (C=O) groups is 1. The van der Waals surface area contributed by atoms with Crippen LogP contribution in [0.5, 0.6) is 0 Å². The lowest BCUT2D eigenvalue weighted by Crippen LogP contribution is -2.26. The van der Waals surface area contributed by atoms with E-state index in [-0.39, 0.29) is 19.1 Å². The Morgan fingerprint density at radius 1 is 1.12 bits per heavy atom. The third-order valence-electron chi connectivity index (χ3n) is 3.72. The molecule has 6 nitrogen and oxygen atoms in total. The summed E-state index contributed by atoms with van der Waals surface area (Å²) in [6.07, 6.45) is 3.65. The minimum atomic E-state index is -0.193. The Labute approximate surface area is 146 Å². The van der Waals surface area contributed by atoms with Gasteiger partial charge in [0.25, 0.3) is 5.91 Å². The van der Waals surface area contributed by atoms with Gasteiger partial charge >= 0.3 is 0 Å². The first kappa shape index (κ1) is 16.7. The van der Waals surface area contributed by atoms with Crippen molar-refractivity contribution in [3.05, 3.63) is 78.1 Å². The molecule has 0 aliphatic rings. The summed E-state index contributed by atoms with van der Waals surface area (Å²) in [5.41, 5.74) is 3.57. The third kappa shape index (κ3) is 4.45. The maximum atomic E-state index is 11.9. The van der Waals surface area contributed by atoms with Gasteiger partial charge in [0.05, 0.1) is 12.3 Å². The van der Waals surface area contributed by atoms with Crippen LogP contribution in [0, 0.1) is 0 Å². The number of nitrogens with one attached hydrogen (secondary N) is 2. The lowest BCUT2D eigenvalue weighted by molar-refractivity contribution is 0.0945. The second-order valence-electron chi connectivity index (χ2n) is 5.53. The van der Waals surface area contributed by atoms with Crippen molar-refractivity contribution in [1.82, 2.24) is 15.1 Å². The monoisotopic (exact) mass is 336 g/mol. The van der Waals surface area contributed by atoms with Gasteiger partial charge in [0, 0.05) is 36.7 Å². The first-order valence-electron chi connectivity index (χ1n) is 8.08. The molecule has 0 aliphatic heterocycles. The summed E-state index contributed by atoms with van der Waals surface area (Å²) < 4.78 is 1.81. The first-order chi connectivity index (χ1) is 12.3. The highest BCUT2D eigenvalue weighted by Gasteiger charge is 2.05. The maximum Gasteiger partial charge on any atom is 0.251 e. The number of aliphatic hydroxyl groups excluding tert-OH is 1. The van der Waals surface area contributed by atoms with E-state index in [2.05, 4.69) is 15.7 Å². The van der Waals surface area contributed by atoms with Crippen LogP contribution < -0.4 is 10.6 Å². The molecule has 0 atom stereocenters. The van der Waals surface area contributed by atoms with E-state index in [1.165, 1.54) is 0 Å². The minimum absolute atomic E-state index is 0.0712. The van der Waals surface area contributed by atoms with E-state index in [1.807, 2.05) is 53.3 Å². The van der Waals surface area contributed by atoms with Crippen molar-refractivity contribution in [2.45, 2.75) is 6.54 Å². The molecular weight excluding hydrogens is 316 g/mol. The van der Waals surface area contributed by atoms with Crippen LogP contribution in [0.25, 0.3) is 5.69 Å². The van der Waals surface area contributed by atoms with E-state index in [0.29, 0.717) is 12.1 Å². The van der Waals surface area contributed by atoms with Crippen molar-refractivity contribution in [2.24, 2.45) is 0 Å². The van der Waals surface area contributed by atoms with Crippen LogP contribution in [0.1, 0.15) is 15.9 Å². The zero-order chi connectivity index (χ0) is 17.5. The molecule has 3 N–H and O–H groups in total. The second kappa shape index (κ2) is 8.12. The van der Waals surface area contributed by atoms with Gasteiger partial charge in [-0.25, -0.2) is 4.68 Å². The number of hydrogen-bond donors (Lipinski definition) is 3.